The minimum Gasteiger partial charge on any atom is -0.492 e. The molecule has 0 bridgehead atoms. The normalized spacial score (nSPS) is 16.6. The van der Waals surface area contributed by atoms with Gasteiger partial charge in [-0.15, -0.1) is 11.8 Å². The zero-order valence-corrected chi connectivity index (χ0v) is 12.0. The van der Waals surface area contributed by atoms with E-state index in [1.54, 1.807) is 17.8 Å². The minimum atomic E-state index is -0.384. The molecule has 1 aromatic carbocycles. The summed E-state index contributed by atoms with van der Waals surface area (Å²) >= 11 is 1.56. The Labute approximate surface area is 116 Å². The lowest BCUT2D eigenvalue weighted by molar-refractivity contribution is -0.120. The topological polar surface area (TPSA) is 38.3 Å². The fourth-order valence-corrected chi connectivity index (χ4v) is 3.07. The summed E-state index contributed by atoms with van der Waals surface area (Å²) in [4.78, 5) is 12.3. The molecule has 3 nitrogen and oxygen atoms in total. The van der Waals surface area contributed by atoms with E-state index in [0.717, 1.165) is 19.3 Å². The van der Waals surface area contributed by atoms with Crippen LogP contribution < -0.4 is 10.1 Å². The molecule has 0 unspecified atom stereocenters. The van der Waals surface area contributed by atoms with E-state index in [2.05, 4.69) is 5.32 Å². The largest absolute Gasteiger partial charge is 0.492 e. The van der Waals surface area contributed by atoms with Crippen LogP contribution in [0.2, 0.25) is 0 Å². The maximum Gasteiger partial charge on any atom is 0.240 e. The highest BCUT2D eigenvalue weighted by Crippen LogP contribution is 2.44. The number of carbonyl (C=O) groups excluding carboxylic acids is 1. The van der Waals surface area contributed by atoms with Crippen LogP contribution in [0, 0.1) is 5.82 Å². The number of amides is 1. The first-order valence-corrected chi connectivity index (χ1v) is 7.63. The monoisotopic (exact) mass is 283 g/mol. The Morgan fingerprint density at radius 3 is 2.79 bits per heavy atom. The third-order valence-corrected chi connectivity index (χ3v) is 4.83. The number of ether oxygens (including phenoxy) is 1. The standard InChI is InChI=1S/C14H18FNO2S/c1-3-18-12-6-5-10(15)9-11(12)16-13(17)14(19-2)7-4-8-14/h5-6,9H,3-4,7-8H2,1-2H3,(H,16,17). The lowest BCUT2D eigenvalue weighted by Crippen LogP contribution is -2.45. The van der Waals surface area contributed by atoms with Crippen LogP contribution >= 0.6 is 11.8 Å². The molecule has 0 aliphatic heterocycles. The molecule has 19 heavy (non-hydrogen) atoms. The first kappa shape index (κ1) is 14.2. The molecule has 0 heterocycles. The summed E-state index contributed by atoms with van der Waals surface area (Å²) in [5, 5.41) is 2.81. The number of halogens is 1. The van der Waals surface area contributed by atoms with Gasteiger partial charge in [-0.25, -0.2) is 4.39 Å². The lowest BCUT2D eigenvalue weighted by Gasteiger charge is -2.38. The molecule has 2 rings (SSSR count). The van der Waals surface area contributed by atoms with Crippen molar-refractivity contribution in [2.24, 2.45) is 0 Å². The number of thioether (sulfide) groups is 1. The molecule has 0 saturated heterocycles. The number of benzene rings is 1. The van der Waals surface area contributed by atoms with Crippen molar-refractivity contribution < 1.29 is 13.9 Å². The fourth-order valence-electron chi connectivity index (χ4n) is 2.14. The molecule has 0 atom stereocenters. The summed E-state index contributed by atoms with van der Waals surface area (Å²) in [6, 6.07) is 4.17. The highest BCUT2D eigenvalue weighted by molar-refractivity contribution is 8.00. The van der Waals surface area contributed by atoms with E-state index in [4.69, 9.17) is 4.74 Å². The Morgan fingerprint density at radius 2 is 2.26 bits per heavy atom. The first-order chi connectivity index (χ1) is 9.11. The van der Waals surface area contributed by atoms with Crippen molar-refractivity contribution in [3.8, 4) is 5.75 Å². The van der Waals surface area contributed by atoms with Gasteiger partial charge in [-0.2, -0.15) is 0 Å². The number of hydrogen-bond acceptors (Lipinski definition) is 3. The van der Waals surface area contributed by atoms with Crippen LogP contribution in [-0.4, -0.2) is 23.5 Å². The molecule has 0 spiro atoms. The highest BCUT2D eigenvalue weighted by atomic mass is 32.2. The molecule has 104 valence electrons. The van der Waals surface area contributed by atoms with Crippen molar-refractivity contribution in [2.75, 3.05) is 18.2 Å². The van der Waals surface area contributed by atoms with Gasteiger partial charge in [0, 0.05) is 6.07 Å². The van der Waals surface area contributed by atoms with E-state index < -0.39 is 0 Å². The van der Waals surface area contributed by atoms with Crippen molar-refractivity contribution in [3.05, 3.63) is 24.0 Å². The molecular weight excluding hydrogens is 265 g/mol. The van der Waals surface area contributed by atoms with Gasteiger partial charge in [0.2, 0.25) is 5.91 Å². The van der Waals surface area contributed by atoms with Crippen molar-refractivity contribution >= 4 is 23.4 Å². The number of rotatable bonds is 5. The van der Waals surface area contributed by atoms with Crippen LogP contribution in [0.3, 0.4) is 0 Å². The maximum absolute atomic E-state index is 13.3. The highest BCUT2D eigenvalue weighted by Gasteiger charge is 2.43. The summed E-state index contributed by atoms with van der Waals surface area (Å²) in [6.45, 7) is 2.33. The molecular formula is C14H18FNO2S. The average molecular weight is 283 g/mol. The third kappa shape index (κ3) is 2.86. The SMILES string of the molecule is CCOc1ccc(F)cc1NC(=O)C1(SC)CCC1. The van der Waals surface area contributed by atoms with Gasteiger partial charge < -0.3 is 10.1 Å². The molecule has 1 aliphatic rings. The second-order valence-corrected chi connectivity index (χ2v) is 5.77. The molecule has 5 heteroatoms. The number of anilines is 1. The van der Waals surface area contributed by atoms with E-state index >= 15 is 0 Å². The summed E-state index contributed by atoms with van der Waals surface area (Å²) < 4.78 is 18.4. The van der Waals surface area contributed by atoms with Gasteiger partial charge in [0.15, 0.2) is 0 Å². The number of nitrogens with one attached hydrogen (secondary N) is 1. The second kappa shape index (κ2) is 5.82. The molecule has 1 saturated carbocycles. The predicted octanol–water partition coefficient (Wildman–Crippen LogP) is 3.45. The van der Waals surface area contributed by atoms with E-state index in [0.29, 0.717) is 18.0 Å². The molecule has 1 fully saturated rings. The van der Waals surface area contributed by atoms with Crippen molar-refractivity contribution in [1.82, 2.24) is 0 Å². The fraction of sp³-hybridized carbons (Fsp3) is 0.500. The lowest BCUT2D eigenvalue weighted by atomic mass is 9.83. The zero-order chi connectivity index (χ0) is 13.9. The van der Waals surface area contributed by atoms with Gasteiger partial charge in [0.1, 0.15) is 11.6 Å². The number of hydrogen-bond donors (Lipinski definition) is 1. The quantitative estimate of drug-likeness (QED) is 0.899. The van der Waals surface area contributed by atoms with E-state index in [1.807, 2.05) is 13.2 Å². The molecule has 0 radical (unpaired) electrons. The minimum absolute atomic E-state index is 0.0576. The third-order valence-electron chi connectivity index (χ3n) is 3.46. The van der Waals surface area contributed by atoms with Gasteiger partial charge in [-0.3, -0.25) is 4.79 Å². The maximum atomic E-state index is 13.3. The molecule has 1 N–H and O–H groups in total. The zero-order valence-electron chi connectivity index (χ0n) is 11.2. The Morgan fingerprint density at radius 1 is 1.53 bits per heavy atom. The van der Waals surface area contributed by atoms with Gasteiger partial charge >= 0.3 is 0 Å². The van der Waals surface area contributed by atoms with Crippen molar-refractivity contribution in [1.29, 1.82) is 0 Å². The van der Waals surface area contributed by atoms with Crippen molar-refractivity contribution in [3.63, 3.8) is 0 Å². The van der Waals surface area contributed by atoms with Crippen LogP contribution in [0.15, 0.2) is 18.2 Å². The van der Waals surface area contributed by atoms with Crippen LogP contribution in [-0.2, 0) is 4.79 Å². The van der Waals surface area contributed by atoms with Gasteiger partial charge in [-0.05, 0) is 44.6 Å². The van der Waals surface area contributed by atoms with E-state index in [9.17, 15) is 9.18 Å². The molecule has 1 aliphatic carbocycles. The Hall–Kier alpha value is -1.23. The summed E-state index contributed by atoms with van der Waals surface area (Å²) in [7, 11) is 0. The Balaban J connectivity index is 2.17. The summed E-state index contributed by atoms with van der Waals surface area (Å²) in [6.07, 6.45) is 4.75. The molecule has 0 aromatic heterocycles. The van der Waals surface area contributed by atoms with Crippen molar-refractivity contribution in [2.45, 2.75) is 30.9 Å². The van der Waals surface area contributed by atoms with Crippen LogP contribution in [0.25, 0.3) is 0 Å². The Bertz CT molecular complexity index is 469. The van der Waals surface area contributed by atoms with Crippen LogP contribution in [0.4, 0.5) is 10.1 Å². The smallest absolute Gasteiger partial charge is 0.240 e. The van der Waals surface area contributed by atoms with Gasteiger partial charge in [0.05, 0.1) is 17.0 Å². The molecule has 1 amide bonds. The summed E-state index contributed by atoms with van der Waals surface area (Å²) in [5.41, 5.74) is 0.409. The second-order valence-electron chi connectivity index (χ2n) is 4.58. The van der Waals surface area contributed by atoms with Gasteiger partial charge in [0.25, 0.3) is 0 Å². The predicted molar refractivity (Wildman–Crippen MR) is 76.3 cm³/mol. The van der Waals surface area contributed by atoms with Gasteiger partial charge in [-0.1, -0.05) is 0 Å². The van der Waals surface area contributed by atoms with Crippen LogP contribution in [0.5, 0.6) is 5.75 Å². The van der Waals surface area contributed by atoms with E-state index in [1.165, 1.54) is 12.1 Å². The first-order valence-electron chi connectivity index (χ1n) is 6.40. The average Bonchev–Trinajstić information content (AvgIpc) is 2.32. The number of carbonyl (C=O) groups is 1. The summed E-state index contributed by atoms with van der Waals surface area (Å²) in [5.74, 6) is 0.0659. The van der Waals surface area contributed by atoms with Crippen LogP contribution in [0.1, 0.15) is 26.2 Å². The molecule has 1 aromatic rings. The Kier molecular flexibility index (Phi) is 4.34. The van der Waals surface area contributed by atoms with E-state index in [-0.39, 0.29) is 16.5 Å².